The van der Waals surface area contributed by atoms with Gasteiger partial charge < -0.3 is 14.0 Å². The van der Waals surface area contributed by atoms with Crippen molar-refractivity contribution < 1.29 is 9.47 Å². The summed E-state index contributed by atoms with van der Waals surface area (Å²) in [6.45, 7) is 4.04. The zero-order valence-corrected chi connectivity index (χ0v) is 12.5. The smallest absolute Gasteiger partial charge is 0.169 e. The van der Waals surface area contributed by atoms with Gasteiger partial charge in [0, 0.05) is 12.1 Å². The maximum absolute atomic E-state index is 8.71. The largest absolute Gasteiger partial charge is 0.486 e. The predicted octanol–water partition coefficient (Wildman–Crippen LogP) is 2.96. The molecule has 3 rings (SSSR count). The number of rotatable bonds is 4. The van der Waals surface area contributed by atoms with Crippen LogP contribution in [0.5, 0.6) is 11.5 Å². The van der Waals surface area contributed by atoms with Crippen molar-refractivity contribution >= 4 is 11.8 Å². The molecule has 108 valence electrons. The number of benzene rings is 1. The zero-order chi connectivity index (χ0) is 14.7. The number of thioether (sulfide) groups is 1. The fraction of sp³-hybridized carbons (Fsp3) is 0.333. The Bertz CT molecular complexity index is 691. The number of aromatic nitrogens is 2. The number of nitrogens with zero attached hydrogens (tertiary/aromatic N) is 3. The lowest BCUT2D eigenvalue weighted by molar-refractivity contribution is 0.171. The predicted molar refractivity (Wildman–Crippen MR) is 80.7 cm³/mol. The Kier molecular flexibility index (Phi) is 4.02. The molecule has 0 aliphatic carbocycles. The van der Waals surface area contributed by atoms with E-state index in [0.717, 1.165) is 34.5 Å². The van der Waals surface area contributed by atoms with Crippen molar-refractivity contribution in [2.75, 3.05) is 19.0 Å². The number of nitriles is 1. The van der Waals surface area contributed by atoms with Crippen LogP contribution in [-0.2, 0) is 6.54 Å². The van der Waals surface area contributed by atoms with E-state index < -0.39 is 0 Å². The molecule has 0 radical (unpaired) electrons. The average Bonchev–Trinajstić information content (AvgIpc) is 2.95. The topological polar surface area (TPSA) is 60.1 Å². The molecule has 0 unspecified atom stereocenters. The molecule has 1 aromatic heterocycles. The highest BCUT2D eigenvalue weighted by molar-refractivity contribution is 7.99. The van der Waals surface area contributed by atoms with Crippen LogP contribution in [0.2, 0.25) is 0 Å². The number of hydrogen-bond acceptors (Lipinski definition) is 5. The fourth-order valence-corrected chi connectivity index (χ4v) is 3.01. The lowest BCUT2D eigenvalue weighted by Crippen LogP contribution is -2.15. The Hall–Kier alpha value is -2.13. The summed E-state index contributed by atoms with van der Waals surface area (Å²) < 4.78 is 13.3. The summed E-state index contributed by atoms with van der Waals surface area (Å²) in [7, 11) is 0. The van der Waals surface area contributed by atoms with Gasteiger partial charge in [0.2, 0.25) is 0 Å². The quantitative estimate of drug-likeness (QED) is 0.813. The summed E-state index contributed by atoms with van der Waals surface area (Å²) in [6, 6.07) is 8.05. The molecular formula is C15H15N3O2S. The van der Waals surface area contributed by atoms with E-state index in [1.54, 1.807) is 0 Å². The third-order valence-corrected chi connectivity index (χ3v) is 4.10. The summed E-state index contributed by atoms with van der Waals surface area (Å²) in [5, 5.41) is 9.57. The first-order chi connectivity index (χ1) is 10.3. The molecule has 2 aromatic rings. The minimum atomic E-state index is 0.400. The van der Waals surface area contributed by atoms with Crippen LogP contribution in [0.25, 0.3) is 11.3 Å². The van der Waals surface area contributed by atoms with Crippen LogP contribution in [0.1, 0.15) is 6.92 Å². The molecule has 1 aromatic carbocycles. The van der Waals surface area contributed by atoms with E-state index in [-0.39, 0.29) is 0 Å². The van der Waals surface area contributed by atoms with Crippen molar-refractivity contribution in [2.45, 2.75) is 18.6 Å². The third-order valence-electron chi connectivity index (χ3n) is 3.24. The van der Waals surface area contributed by atoms with E-state index in [9.17, 15) is 0 Å². The minimum Gasteiger partial charge on any atom is -0.486 e. The van der Waals surface area contributed by atoms with Crippen LogP contribution < -0.4 is 9.47 Å². The molecule has 0 N–H and O–H groups in total. The van der Waals surface area contributed by atoms with Crippen molar-refractivity contribution in [3.63, 3.8) is 0 Å². The number of hydrogen-bond donors (Lipinski definition) is 0. The van der Waals surface area contributed by atoms with Gasteiger partial charge in [-0.1, -0.05) is 11.8 Å². The van der Waals surface area contributed by atoms with Crippen LogP contribution in [0.3, 0.4) is 0 Å². The van der Waals surface area contributed by atoms with E-state index >= 15 is 0 Å². The Morgan fingerprint density at radius 3 is 2.90 bits per heavy atom. The lowest BCUT2D eigenvalue weighted by Gasteiger charge is -2.19. The third kappa shape index (κ3) is 2.69. The van der Waals surface area contributed by atoms with Gasteiger partial charge in [-0.05, 0) is 25.1 Å². The Labute approximate surface area is 127 Å². The molecule has 21 heavy (non-hydrogen) atoms. The molecule has 0 saturated heterocycles. The zero-order valence-electron chi connectivity index (χ0n) is 11.7. The number of fused-ring (bicyclic) bond motifs is 1. The van der Waals surface area contributed by atoms with Crippen LogP contribution in [0.15, 0.2) is 29.6 Å². The van der Waals surface area contributed by atoms with E-state index in [4.69, 9.17) is 14.7 Å². The molecule has 5 nitrogen and oxygen atoms in total. The molecule has 0 bridgehead atoms. The average molecular weight is 301 g/mol. The van der Waals surface area contributed by atoms with Gasteiger partial charge in [-0.3, -0.25) is 0 Å². The molecule has 6 heteroatoms. The van der Waals surface area contributed by atoms with Gasteiger partial charge in [0.25, 0.3) is 0 Å². The van der Waals surface area contributed by atoms with E-state index in [0.29, 0.717) is 19.0 Å². The highest BCUT2D eigenvalue weighted by atomic mass is 32.2. The first-order valence-corrected chi connectivity index (χ1v) is 7.77. The Balaban J connectivity index is 1.96. The first-order valence-electron chi connectivity index (χ1n) is 6.78. The highest BCUT2D eigenvalue weighted by Gasteiger charge is 2.16. The first kappa shape index (κ1) is 13.8. The maximum Gasteiger partial charge on any atom is 0.169 e. The summed E-state index contributed by atoms with van der Waals surface area (Å²) >= 11 is 1.45. The standard InChI is InChI=1S/C15H15N3O2S/c1-2-18-12(10-17-15(18)21-8-5-16)11-3-4-13-14(9-11)20-7-6-19-13/h3-4,9-10H,2,6-8H2,1H3. The van der Waals surface area contributed by atoms with Gasteiger partial charge in [0.15, 0.2) is 16.7 Å². The lowest BCUT2D eigenvalue weighted by atomic mass is 10.1. The van der Waals surface area contributed by atoms with Crippen LogP contribution >= 0.6 is 11.8 Å². The van der Waals surface area contributed by atoms with Crippen molar-refractivity contribution in [2.24, 2.45) is 0 Å². The van der Waals surface area contributed by atoms with Crippen LogP contribution in [-0.4, -0.2) is 28.5 Å². The van der Waals surface area contributed by atoms with Gasteiger partial charge in [-0.25, -0.2) is 4.98 Å². The van der Waals surface area contributed by atoms with Crippen molar-refractivity contribution in [1.82, 2.24) is 9.55 Å². The minimum absolute atomic E-state index is 0.400. The second-order valence-corrected chi connectivity index (χ2v) is 5.42. The highest BCUT2D eigenvalue weighted by Crippen LogP contribution is 2.35. The Morgan fingerprint density at radius 2 is 2.14 bits per heavy atom. The maximum atomic E-state index is 8.71. The number of imidazole rings is 1. The van der Waals surface area contributed by atoms with Gasteiger partial charge in [-0.15, -0.1) is 0 Å². The van der Waals surface area contributed by atoms with Gasteiger partial charge in [0.1, 0.15) is 13.2 Å². The second-order valence-electron chi connectivity index (χ2n) is 4.48. The van der Waals surface area contributed by atoms with Crippen molar-refractivity contribution in [3.8, 4) is 28.8 Å². The van der Waals surface area contributed by atoms with Crippen LogP contribution in [0, 0.1) is 11.3 Å². The van der Waals surface area contributed by atoms with E-state index in [1.165, 1.54) is 11.8 Å². The molecule has 0 atom stereocenters. The van der Waals surface area contributed by atoms with Crippen LogP contribution in [0.4, 0.5) is 0 Å². The molecule has 1 aliphatic heterocycles. The number of ether oxygens (including phenoxy) is 2. The van der Waals surface area contributed by atoms with Gasteiger partial charge in [0.05, 0.1) is 23.7 Å². The summed E-state index contributed by atoms with van der Waals surface area (Å²) in [5.74, 6) is 1.96. The molecule has 0 spiro atoms. The van der Waals surface area contributed by atoms with E-state index in [1.807, 2.05) is 24.4 Å². The van der Waals surface area contributed by atoms with E-state index in [2.05, 4.69) is 22.5 Å². The Morgan fingerprint density at radius 1 is 1.33 bits per heavy atom. The molecular weight excluding hydrogens is 286 g/mol. The SMILES string of the molecule is CCn1c(-c2ccc3c(c2)OCCO3)cnc1SCC#N. The van der Waals surface area contributed by atoms with Crippen molar-refractivity contribution in [3.05, 3.63) is 24.4 Å². The molecule has 0 amide bonds. The summed E-state index contributed by atoms with van der Waals surface area (Å²) in [4.78, 5) is 4.42. The summed E-state index contributed by atoms with van der Waals surface area (Å²) in [6.07, 6.45) is 1.84. The van der Waals surface area contributed by atoms with Gasteiger partial charge in [-0.2, -0.15) is 5.26 Å². The normalized spacial score (nSPS) is 13.0. The fourth-order valence-electron chi connectivity index (χ4n) is 2.31. The monoisotopic (exact) mass is 301 g/mol. The molecule has 0 fully saturated rings. The summed E-state index contributed by atoms with van der Waals surface area (Å²) in [5.41, 5.74) is 2.06. The van der Waals surface area contributed by atoms with Crippen molar-refractivity contribution in [1.29, 1.82) is 5.26 Å². The molecule has 2 heterocycles. The molecule has 1 aliphatic rings. The van der Waals surface area contributed by atoms with Gasteiger partial charge >= 0.3 is 0 Å². The second kappa shape index (κ2) is 6.10. The molecule has 0 saturated carbocycles.